The summed E-state index contributed by atoms with van der Waals surface area (Å²) in [5, 5.41) is 19.8. The van der Waals surface area contributed by atoms with E-state index in [9.17, 15) is 19.7 Å². The van der Waals surface area contributed by atoms with Crippen LogP contribution >= 0.6 is 0 Å². The van der Waals surface area contributed by atoms with Crippen LogP contribution in [0.1, 0.15) is 10.5 Å². The molecule has 9 heteroatoms. The first kappa shape index (κ1) is 15.0. The van der Waals surface area contributed by atoms with Crippen LogP contribution in [0, 0.1) is 16.0 Å². The third-order valence-corrected chi connectivity index (χ3v) is 3.61. The molecule has 114 valence electrons. The zero-order valence-corrected chi connectivity index (χ0v) is 11.6. The second-order valence-electron chi connectivity index (χ2n) is 4.92. The van der Waals surface area contributed by atoms with Crippen LogP contribution in [0.2, 0.25) is 0 Å². The summed E-state index contributed by atoms with van der Waals surface area (Å²) in [4.78, 5) is 34.9. The van der Waals surface area contributed by atoms with Crippen molar-refractivity contribution in [2.45, 2.75) is 6.04 Å². The van der Waals surface area contributed by atoms with Crippen LogP contribution in [0.4, 0.5) is 5.69 Å². The summed E-state index contributed by atoms with van der Waals surface area (Å²) >= 11 is 0. The molecule has 9 nitrogen and oxygen atoms in total. The van der Waals surface area contributed by atoms with E-state index in [1.165, 1.54) is 35.8 Å². The number of carbonyl (C=O) groups is 2. The van der Waals surface area contributed by atoms with E-state index < -0.39 is 28.8 Å². The monoisotopic (exact) mass is 297 g/mol. The van der Waals surface area contributed by atoms with Crippen molar-refractivity contribution in [3.63, 3.8) is 0 Å². The van der Waals surface area contributed by atoms with Crippen molar-refractivity contribution in [2.24, 2.45) is 13.0 Å². The van der Waals surface area contributed by atoms with Crippen LogP contribution in [-0.2, 0) is 16.6 Å². The fourth-order valence-corrected chi connectivity index (χ4v) is 2.35. The molecular weight excluding hydrogens is 282 g/mol. The van der Waals surface area contributed by atoms with E-state index in [1.807, 2.05) is 0 Å². The molecule has 2 unspecified atom stereocenters. The van der Waals surface area contributed by atoms with Crippen molar-refractivity contribution in [3.8, 4) is 0 Å². The average Bonchev–Trinajstić information content (AvgIpc) is 3.03. The first-order chi connectivity index (χ1) is 9.82. The lowest BCUT2D eigenvalue weighted by Gasteiger charge is -2.26. The molecule has 1 aromatic rings. The van der Waals surface area contributed by atoms with E-state index in [4.69, 9.17) is 9.84 Å². The second-order valence-corrected chi connectivity index (χ2v) is 4.92. The van der Waals surface area contributed by atoms with Crippen molar-refractivity contribution in [1.29, 1.82) is 0 Å². The number of aromatic nitrogens is 1. The zero-order valence-electron chi connectivity index (χ0n) is 11.6. The fourth-order valence-electron chi connectivity index (χ4n) is 2.35. The number of amides is 1. The highest BCUT2D eigenvalue weighted by molar-refractivity contribution is 5.94. The van der Waals surface area contributed by atoms with E-state index in [-0.39, 0.29) is 24.6 Å². The first-order valence-electron chi connectivity index (χ1n) is 6.21. The Morgan fingerprint density at radius 3 is 2.71 bits per heavy atom. The van der Waals surface area contributed by atoms with Crippen LogP contribution in [0.15, 0.2) is 12.3 Å². The molecule has 1 aliphatic heterocycles. The molecular formula is C12H15N3O6. The number of nitro groups is 1. The van der Waals surface area contributed by atoms with Gasteiger partial charge in [-0.1, -0.05) is 0 Å². The van der Waals surface area contributed by atoms with E-state index in [1.54, 1.807) is 0 Å². The summed E-state index contributed by atoms with van der Waals surface area (Å²) in [5.41, 5.74) is -0.0630. The van der Waals surface area contributed by atoms with Crippen LogP contribution < -0.4 is 0 Å². The lowest BCUT2D eigenvalue weighted by molar-refractivity contribution is -0.384. The van der Waals surface area contributed by atoms with Crippen molar-refractivity contribution < 1.29 is 24.4 Å². The SMILES string of the molecule is CN(C(=O)c1cc([N+](=O)[O-])cn1C)C1COCC1C(=O)O. The Labute approximate surface area is 119 Å². The molecule has 0 bridgehead atoms. The van der Waals surface area contributed by atoms with Crippen molar-refractivity contribution in [2.75, 3.05) is 20.3 Å². The Hall–Kier alpha value is -2.42. The minimum atomic E-state index is -1.03. The van der Waals surface area contributed by atoms with Gasteiger partial charge >= 0.3 is 5.97 Å². The molecule has 2 rings (SSSR count). The van der Waals surface area contributed by atoms with Crippen LogP contribution in [0.25, 0.3) is 0 Å². The van der Waals surface area contributed by atoms with Gasteiger partial charge in [-0.05, 0) is 0 Å². The van der Waals surface area contributed by atoms with Crippen LogP contribution in [0.5, 0.6) is 0 Å². The number of ether oxygens (including phenoxy) is 1. The Morgan fingerprint density at radius 2 is 2.19 bits per heavy atom. The summed E-state index contributed by atoms with van der Waals surface area (Å²) in [5.74, 6) is -2.31. The van der Waals surface area contributed by atoms with Crippen molar-refractivity contribution in [3.05, 3.63) is 28.1 Å². The molecule has 1 aromatic heterocycles. The molecule has 1 fully saturated rings. The Morgan fingerprint density at radius 1 is 1.52 bits per heavy atom. The number of likely N-dealkylation sites (N-methyl/N-ethyl adjacent to an activating group) is 1. The maximum absolute atomic E-state index is 12.4. The van der Waals surface area contributed by atoms with Gasteiger partial charge in [-0.25, -0.2) is 0 Å². The number of aliphatic carboxylic acids is 1. The highest BCUT2D eigenvalue weighted by atomic mass is 16.6. The average molecular weight is 297 g/mol. The quantitative estimate of drug-likeness (QED) is 0.622. The molecule has 1 aliphatic rings. The predicted octanol–water partition coefficient (Wildman–Crippen LogP) is 0.105. The molecule has 2 atom stereocenters. The summed E-state index contributed by atoms with van der Waals surface area (Å²) in [6.45, 7) is 0.177. The maximum Gasteiger partial charge on any atom is 0.311 e. The molecule has 0 saturated carbocycles. The molecule has 0 spiro atoms. The van der Waals surface area contributed by atoms with E-state index in [0.717, 1.165) is 0 Å². The topological polar surface area (TPSA) is 115 Å². The van der Waals surface area contributed by atoms with Gasteiger partial charge in [-0.15, -0.1) is 0 Å². The van der Waals surface area contributed by atoms with E-state index in [2.05, 4.69) is 0 Å². The van der Waals surface area contributed by atoms with Gasteiger partial charge in [-0.3, -0.25) is 19.7 Å². The number of carboxylic acid groups (broad SMARTS) is 1. The fraction of sp³-hybridized carbons (Fsp3) is 0.500. The Balaban J connectivity index is 2.23. The summed E-state index contributed by atoms with van der Waals surface area (Å²) in [6, 6.07) is 0.577. The summed E-state index contributed by atoms with van der Waals surface area (Å²) < 4.78 is 6.47. The standard InChI is InChI=1S/C12H15N3O6/c1-13-4-7(15(19)20)3-9(13)11(16)14(2)10-6-21-5-8(10)12(17)18/h3-4,8,10H,5-6H2,1-2H3,(H,17,18). The molecule has 0 radical (unpaired) electrons. The number of hydrogen-bond acceptors (Lipinski definition) is 5. The maximum atomic E-state index is 12.4. The van der Waals surface area contributed by atoms with Gasteiger partial charge in [-0.2, -0.15) is 0 Å². The van der Waals surface area contributed by atoms with Crippen molar-refractivity contribution >= 4 is 17.6 Å². The minimum Gasteiger partial charge on any atom is -0.481 e. The second kappa shape index (κ2) is 5.52. The molecule has 1 saturated heterocycles. The molecule has 0 aliphatic carbocycles. The third-order valence-electron chi connectivity index (χ3n) is 3.61. The number of nitrogens with zero attached hydrogens (tertiary/aromatic N) is 3. The van der Waals surface area contributed by atoms with E-state index >= 15 is 0 Å². The number of hydrogen-bond donors (Lipinski definition) is 1. The van der Waals surface area contributed by atoms with Gasteiger partial charge in [0, 0.05) is 20.2 Å². The van der Waals surface area contributed by atoms with Gasteiger partial charge in [0.25, 0.3) is 11.6 Å². The highest BCUT2D eigenvalue weighted by Gasteiger charge is 2.39. The van der Waals surface area contributed by atoms with Gasteiger partial charge in [0.05, 0.1) is 30.4 Å². The van der Waals surface area contributed by atoms with Gasteiger partial charge < -0.3 is 19.3 Å². The molecule has 1 amide bonds. The van der Waals surface area contributed by atoms with E-state index in [0.29, 0.717) is 0 Å². The van der Waals surface area contributed by atoms with Crippen LogP contribution in [0.3, 0.4) is 0 Å². The predicted molar refractivity (Wildman–Crippen MR) is 69.9 cm³/mol. The highest BCUT2D eigenvalue weighted by Crippen LogP contribution is 2.22. The summed E-state index contributed by atoms with van der Waals surface area (Å²) in [6.07, 6.45) is 1.24. The number of carbonyl (C=O) groups excluding carboxylic acids is 1. The third kappa shape index (κ3) is 2.72. The molecule has 2 heterocycles. The number of carboxylic acids is 1. The van der Waals surface area contributed by atoms with Gasteiger partial charge in [0.1, 0.15) is 11.6 Å². The zero-order chi connectivity index (χ0) is 15.7. The minimum absolute atomic E-state index is 0.0465. The molecule has 1 N–H and O–H groups in total. The lowest BCUT2D eigenvalue weighted by Crippen LogP contribution is -2.44. The Kier molecular flexibility index (Phi) is 3.94. The van der Waals surface area contributed by atoms with Gasteiger partial charge in [0.15, 0.2) is 0 Å². The molecule has 0 aromatic carbocycles. The number of aryl methyl sites for hydroxylation is 1. The van der Waals surface area contributed by atoms with Gasteiger partial charge in [0.2, 0.25) is 0 Å². The number of rotatable bonds is 4. The lowest BCUT2D eigenvalue weighted by atomic mass is 10.0. The normalized spacial score (nSPS) is 21.2. The first-order valence-corrected chi connectivity index (χ1v) is 6.21. The smallest absolute Gasteiger partial charge is 0.311 e. The Bertz CT molecular complexity index is 596. The van der Waals surface area contributed by atoms with Crippen molar-refractivity contribution in [1.82, 2.24) is 9.47 Å². The summed E-state index contributed by atoms with van der Waals surface area (Å²) in [7, 11) is 2.99. The largest absolute Gasteiger partial charge is 0.481 e. The van der Waals surface area contributed by atoms with Crippen LogP contribution in [-0.4, -0.2) is 57.7 Å². The molecule has 21 heavy (non-hydrogen) atoms.